The third-order valence-electron chi connectivity index (χ3n) is 5.60. The number of pyridine rings is 1. The Morgan fingerprint density at radius 3 is 2.53 bits per heavy atom. The predicted molar refractivity (Wildman–Crippen MR) is 113 cm³/mol. The molecule has 0 radical (unpaired) electrons. The monoisotopic (exact) mass is 413 g/mol. The summed E-state index contributed by atoms with van der Waals surface area (Å²) in [6, 6.07) is 9.62. The van der Waals surface area contributed by atoms with Gasteiger partial charge in [0.1, 0.15) is 17.9 Å². The van der Waals surface area contributed by atoms with Gasteiger partial charge in [-0.05, 0) is 36.6 Å². The van der Waals surface area contributed by atoms with Gasteiger partial charge in [-0.2, -0.15) is 0 Å². The Kier molecular flexibility index (Phi) is 6.70. The minimum atomic E-state index is -0.616. The molecule has 1 fully saturated rings. The molecule has 2 aromatic rings. The molecule has 1 aliphatic rings. The largest absolute Gasteiger partial charge is 0.354 e. The molecule has 0 unspecified atom stereocenters. The summed E-state index contributed by atoms with van der Waals surface area (Å²) in [6.07, 6.45) is 5.48. The van der Waals surface area contributed by atoms with E-state index in [1.54, 1.807) is 24.3 Å². The highest BCUT2D eigenvalue weighted by Crippen LogP contribution is 2.24. The normalized spacial score (nSPS) is 14.5. The van der Waals surface area contributed by atoms with E-state index in [1.807, 2.05) is 13.8 Å². The molecule has 2 N–H and O–H groups in total. The molecule has 1 saturated carbocycles. The van der Waals surface area contributed by atoms with Crippen LogP contribution in [0.25, 0.3) is 0 Å². The first-order chi connectivity index (χ1) is 14.3. The van der Waals surface area contributed by atoms with Crippen molar-refractivity contribution in [2.45, 2.75) is 57.5 Å². The summed E-state index contributed by atoms with van der Waals surface area (Å²) in [6.45, 7) is 3.68. The summed E-state index contributed by atoms with van der Waals surface area (Å²) >= 11 is 0. The van der Waals surface area contributed by atoms with E-state index in [0.717, 1.165) is 25.7 Å². The third-order valence-corrected chi connectivity index (χ3v) is 5.60. The predicted octanol–water partition coefficient (Wildman–Crippen LogP) is 2.75. The molecule has 0 atom stereocenters. The SMILES string of the molecule is CC(C)(CNC(=O)Cn1cccc(C(=O)NC2CCCC2)c1=O)c1ccccc1F. The average Bonchev–Trinajstić information content (AvgIpc) is 3.21. The Hall–Kier alpha value is -2.96. The zero-order valence-corrected chi connectivity index (χ0v) is 17.4. The second kappa shape index (κ2) is 9.24. The molecule has 1 heterocycles. The van der Waals surface area contributed by atoms with Crippen LogP contribution in [0.15, 0.2) is 47.4 Å². The highest BCUT2D eigenvalue weighted by Gasteiger charge is 2.25. The van der Waals surface area contributed by atoms with Crippen LogP contribution in [0.1, 0.15) is 55.5 Å². The van der Waals surface area contributed by atoms with Crippen molar-refractivity contribution in [3.8, 4) is 0 Å². The smallest absolute Gasteiger partial charge is 0.263 e. The number of hydrogen-bond acceptors (Lipinski definition) is 3. The van der Waals surface area contributed by atoms with Crippen LogP contribution in [0.4, 0.5) is 4.39 Å². The van der Waals surface area contributed by atoms with E-state index in [2.05, 4.69) is 10.6 Å². The van der Waals surface area contributed by atoms with E-state index in [-0.39, 0.29) is 36.4 Å². The summed E-state index contributed by atoms with van der Waals surface area (Å²) in [7, 11) is 0. The van der Waals surface area contributed by atoms with Crippen molar-refractivity contribution in [3.63, 3.8) is 0 Å². The Labute approximate surface area is 175 Å². The van der Waals surface area contributed by atoms with Crippen LogP contribution in [0, 0.1) is 5.82 Å². The van der Waals surface area contributed by atoms with Crippen molar-refractivity contribution >= 4 is 11.8 Å². The molecule has 2 amide bonds. The van der Waals surface area contributed by atoms with Crippen molar-refractivity contribution < 1.29 is 14.0 Å². The minimum absolute atomic E-state index is 0.0314. The van der Waals surface area contributed by atoms with E-state index in [1.165, 1.54) is 22.9 Å². The van der Waals surface area contributed by atoms with Crippen LogP contribution in [0.3, 0.4) is 0 Å². The van der Waals surface area contributed by atoms with Gasteiger partial charge in [0, 0.05) is 24.2 Å². The van der Waals surface area contributed by atoms with Gasteiger partial charge in [-0.15, -0.1) is 0 Å². The van der Waals surface area contributed by atoms with E-state index in [9.17, 15) is 18.8 Å². The summed E-state index contributed by atoms with van der Waals surface area (Å²) in [4.78, 5) is 37.5. The van der Waals surface area contributed by atoms with Gasteiger partial charge in [0.2, 0.25) is 5.91 Å². The lowest BCUT2D eigenvalue weighted by Gasteiger charge is -2.26. The lowest BCUT2D eigenvalue weighted by molar-refractivity contribution is -0.121. The number of carbonyl (C=O) groups excluding carboxylic acids is 2. The van der Waals surface area contributed by atoms with Crippen LogP contribution in [0.5, 0.6) is 0 Å². The van der Waals surface area contributed by atoms with Crippen LogP contribution in [-0.2, 0) is 16.8 Å². The molecule has 6 nitrogen and oxygen atoms in total. The highest BCUT2D eigenvalue weighted by molar-refractivity contribution is 5.94. The van der Waals surface area contributed by atoms with Gasteiger partial charge in [0.15, 0.2) is 0 Å². The zero-order chi connectivity index (χ0) is 21.7. The second-order valence-corrected chi connectivity index (χ2v) is 8.45. The molecule has 0 spiro atoms. The maximum absolute atomic E-state index is 14.1. The molecule has 1 aromatic carbocycles. The molecular weight excluding hydrogens is 385 g/mol. The molecular formula is C23H28FN3O3. The van der Waals surface area contributed by atoms with Crippen molar-refractivity contribution in [2.75, 3.05) is 6.54 Å². The van der Waals surface area contributed by atoms with E-state index in [4.69, 9.17) is 0 Å². The second-order valence-electron chi connectivity index (χ2n) is 8.45. The number of amides is 2. The van der Waals surface area contributed by atoms with E-state index >= 15 is 0 Å². The fourth-order valence-electron chi connectivity index (χ4n) is 3.80. The molecule has 160 valence electrons. The summed E-state index contributed by atoms with van der Waals surface area (Å²) in [5.74, 6) is -1.11. The number of benzene rings is 1. The lowest BCUT2D eigenvalue weighted by atomic mass is 9.84. The molecule has 1 aromatic heterocycles. The molecule has 7 heteroatoms. The topological polar surface area (TPSA) is 80.2 Å². The van der Waals surface area contributed by atoms with Crippen LogP contribution in [0.2, 0.25) is 0 Å². The summed E-state index contributed by atoms with van der Waals surface area (Å²) < 4.78 is 15.3. The molecule has 0 bridgehead atoms. The molecule has 3 rings (SSSR count). The number of carbonyl (C=O) groups is 2. The Balaban J connectivity index is 1.63. The quantitative estimate of drug-likeness (QED) is 0.733. The number of nitrogens with one attached hydrogen (secondary N) is 2. The number of halogens is 1. The van der Waals surface area contributed by atoms with Crippen molar-refractivity contribution in [1.29, 1.82) is 0 Å². The van der Waals surface area contributed by atoms with Gasteiger partial charge in [-0.1, -0.05) is 44.9 Å². The molecule has 0 aliphatic heterocycles. The number of nitrogens with zero attached hydrogens (tertiary/aromatic N) is 1. The molecule has 1 aliphatic carbocycles. The van der Waals surface area contributed by atoms with Crippen LogP contribution < -0.4 is 16.2 Å². The van der Waals surface area contributed by atoms with Crippen LogP contribution >= 0.6 is 0 Å². The maximum atomic E-state index is 14.1. The number of rotatable bonds is 7. The first-order valence-corrected chi connectivity index (χ1v) is 10.3. The van der Waals surface area contributed by atoms with Crippen molar-refractivity contribution in [1.82, 2.24) is 15.2 Å². The lowest BCUT2D eigenvalue weighted by Crippen LogP contribution is -2.41. The van der Waals surface area contributed by atoms with Crippen molar-refractivity contribution in [2.24, 2.45) is 0 Å². The number of aromatic nitrogens is 1. The highest BCUT2D eigenvalue weighted by atomic mass is 19.1. The fraction of sp³-hybridized carbons (Fsp3) is 0.435. The summed E-state index contributed by atoms with van der Waals surface area (Å²) in [5, 5.41) is 5.66. The molecule has 30 heavy (non-hydrogen) atoms. The standard InChI is InChI=1S/C23H28FN3O3/c1-23(2,18-11-5-6-12-19(18)24)15-25-20(28)14-27-13-7-10-17(22(27)30)21(29)26-16-8-3-4-9-16/h5-7,10-13,16H,3-4,8-9,14-15H2,1-2H3,(H,25,28)(H,26,29). The van der Waals surface area contributed by atoms with Gasteiger partial charge in [-0.3, -0.25) is 14.4 Å². The van der Waals surface area contributed by atoms with Gasteiger partial charge in [0.05, 0.1) is 0 Å². The zero-order valence-electron chi connectivity index (χ0n) is 17.4. The Morgan fingerprint density at radius 1 is 1.13 bits per heavy atom. The van der Waals surface area contributed by atoms with Gasteiger partial charge < -0.3 is 15.2 Å². The third kappa shape index (κ3) is 5.14. The van der Waals surface area contributed by atoms with Gasteiger partial charge in [0.25, 0.3) is 11.5 Å². The van der Waals surface area contributed by atoms with Gasteiger partial charge in [-0.25, -0.2) is 4.39 Å². The van der Waals surface area contributed by atoms with Crippen LogP contribution in [-0.4, -0.2) is 29.0 Å². The van der Waals surface area contributed by atoms with E-state index < -0.39 is 16.9 Å². The average molecular weight is 413 g/mol. The van der Waals surface area contributed by atoms with Crippen molar-refractivity contribution in [3.05, 3.63) is 69.9 Å². The fourth-order valence-corrected chi connectivity index (χ4v) is 3.80. The van der Waals surface area contributed by atoms with Gasteiger partial charge >= 0.3 is 0 Å². The first kappa shape index (κ1) is 21.7. The first-order valence-electron chi connectivity index (χ1n) is 10.3. The van der Waals surface area contributed by atoms with E-state index in [0.29, 0.717) is 5.56 Å². The summed E-state index contributed by atoms with van der Waals surface area (Å²) in [5.41, 5.74) is -0.580. The number of hydrogen-bond donors (Lipinski definition) is 2. The molecule has 0 saturated heterocycles. The Morgan fingerprint density at radius 2 is 1.83 bits per heavy atom. The maximum Gasteiger partial charge on any atom is 0.263 e. The minimum Gasteiger partial charge on any atom is -0.354 e. The Bertz CT molecular complexity index is 978.